The smallest absolute Gasteiger partial charge is 0.276 e. The molecule has 10 nitrogen and oxygen atoms in total. The third-order valence-corrected chi connectivity index (χ3v) is 7.61. The molecule has 1 saturated heterocycles. The third kappa shape index (κ3) is 7.34. The van der Waals surface area contributed by atoms with Crippen LogP contribution < -0.4 is 10.2 Å². The van der Waals surface area contributed by atoms with Gasteiger partial charge in [0, 0.05) is 50.3 Å². The zero-order valence-electron chi connectivity index (χ0n) is 20.7. The number of amides is 2. The lowest BCUT2D eigenvalue weighted by Crippen LogP contribution is -2.48. The molecule has 0 bridgehead atoms. The van der Waals surface area contributed by atoms with E-state index < -0.39 is 9.84 Å². The highest BCUT2D eigenvalue weighted by molar-refractivity contribution is 7.90. The first-order chi connectivity index (χ1) is 17.7. The number of piperazine rings is 1. The summed E-state index contributed by atoms with van der Waals surface area (Å²) in [5, 5.41) is 5.10. The van der Waals surface area contributed by atoms with Gasteiger partial charge in [0.25, 0.3) is 5.91 Å². The summed E-state index contributed by atoms with van der Waals surface area (Å²) in [6.45, 7) is 4.72. The van der Waals surface area contributed by atoms with Crippen LogP contribution in [0.2, 0.25) is 0 Å². The highest BCUT2D eigenvalue weighted by Crippen LogP contribution is 2.28. The lowest BCUT2D eigenvalue weighted by molar-refractivity contribution is -0.129. The summed E-state index contributed by atoms with van der Waals surface area (Å²) in [6.07, 6.45) is 2.85. The zero-order chi connectivity index (χ0) is 26.4. The van der Waals surface area contributed by atoms with Crippen LogP contribution in [0.5, 0.6) is 0 Å². The number of carbonyl (C=O) groups is 2. The predicted molar refractivity (Wildman–Crippen MR) is 144 cm³/mol. The molecule has 1 fully saturated rings. The van der Waals surface area contributed by atoms with E-state index in [4.69, 9.17) is 4.74 Å². The molecule has 0 atom stereocenters. The van der Waals surface area contributed by atoms with Gasteiger partial charge in [-0.3, -0.25) is 14.9 Å². The summed E-state index contributed by atoms with van der Waals surface area (Å²) in [5.74, 6) is -0.309. The third-order valence-electron chi connectivity index (χ3n) is 5.94. The minimum absolute atomic E-state index is 0.0342. The topological polar surface area (TPSA) is 122 Å². The van der Waals surface area contributed by atoms with Crippen LogP contribution in [-0.4, -0.2) is 79.9 Å². The van der Waals surface area contributed by atoms with Crippen LogP contribution in [0, 0.1) is 0 Å². The molecule has 0 saturated carbocycles. The molecule has 3 heterocycles. The normalized spacial score (nSPS) is 14.0. The van der Waals surface area contributed by atoms with Gasteiger partial charge in [-0.2, -0.15) is 0 Å². The molecular weight excluding hydrogens is 514 g/mol. The van der Waals surface area contributed by atoms with Crippen LogP contribution in [-0.2, 0) is 26.0 Å². The highest BCUT2D eigenvalue weighted by Gasteiger charge is 2.20. The van der Waals surface area contributed by atoms with E-state index in [0.717, 1.165) is 29.9 Å². The lowest BCUT2D eigenvalue weighted by Gasteiger charge is -2.35. The van der Waals surface area contributed by atoms with E-state index in [9.17, 15) is 18.0 Å². The molecule has 196 valence electrons. The van der Waals surface area contributed by atoms with Gasteiger partial charge in [0.1, 0.15) is 15.5 Å². The van der Waals surface area contributed by atoms with E-state index in [1.54, 1.807) is 19.2 Å². The Balaban J connectivity index is 1.35. The first-order valence-corrected chi connectivity index (χ1v) is 14.7. The molecule has 0 unspecified atom stereocenters. The fourth-order valence-corrected chi connectivity index (χ4v) is 5.02. The number of anilines is 2. The molecule has 1 aromatic carbocycles. The van der Waals surface area contributed by atoms with Gasteiger partial charge in [0.2, 0.25) is 5.91 Å². The van der Waals surface area contributed by atoms with Crippen molar-refractivity contribution >= 4 is 43.8 Å². The summed E-state index contributed by atoms with van der Waals surface area (Å²) in [4.78, 5) is 37.1. The van der Waals surface area contributed by atoms with E-state index in [1.165, 1.54) is 17.6 Å². The van der Waals surface area contributed by atoms with Crippen LogP contribution in [0.3, 0.4) is 0 Å². The van der Waals surface area contributed by atoms with Gasteiger partial charge in [-0.25, -0.2) is 18.4 Å². The van der Waals surface area contributed by atoms with Crippen molar-refractivity contribution in [3.8, 4) is 11.3 Å². The van der Waals surface area contributed by atoms with Gasteiger partial charge in [0.05, 0.1) is 36.5 Å². The number of sulfone groups is 1. The van der Waals surface area contributed by atoms with Gasteiger partial charge < -0.3 is 14.5 Å². The Morgan fingerprint density at radius 3 is 2.54 bits per heavy atom. The van der Waals surface area contributed by atoms with Gasteiger partial charge in [-0.15, -0.1) is 11.3 Å². The molecule has 0 spiro atoms. The summed E-state index contributed by atoms with van der Waals surface area (Å²) in [7, 11) is -3.08. The molecule has 0 radical (unpaired) electrons. The first-order valence-electron chi connectivity index (χ1n) is 11.8. The molecular formula is C25H29N5O5S2. The number of nitrogens with one attached hydrogen (secondary N) is 1. The van der Waals surface area contributed by atoms with E-state index in [0.29, 0.717) is 23.9 Å². The Morgan fingerprint density at radius 1 is 1.11 bits per heavy atom. The Hall–Kier alpha value is -3.35. The number of hydrogen-bond donors (Lipinski definition) is 1. The maximum absolute atomic E-state index is 12.8. The van der Waals surface area contributed by atoms with Gasteiger partial charge in [-0.05, 0) is 17.7 Å². The summed E-state index contributed by atoms with van der Waals surface area (Å²) < 4.78 is 28.2. The molecule has 1 N–H and O–H groups in total. The number of ether oxygens (including phenoxy) is 1. The number of carbonyl (C=O) groups excluding carboxylic acids is 2. The van der Waals surface area contributed by atoms with Gasteiger partial charge in [0.15, 0.2) is 5.13 Å². The monoisotopic (exact) mass is 543 g/mol. The Bertz CT molecular complexity index is 1350. The lowest BCUT2D eigenvalue weighted by atomic mass is 10.1. The second-order valence-electron chi connectivity index (χ2n) is 8.73. The van der Waals surface area contributed by atoms with Crippen molar-refractivity contribution in [3.05, 3.63) is 59.2 Å². The van der Waals surface area contributed by atoms with Crippen LogP contribution in [0.1, 0.15) is 23.0 Å². The Labute approximate surface area is 220 Å². The molecule has 37 heavy (non-hydrogen) atoms. The van der Waals surface area contributed by atoms with Crippen molar-refractivity contribution in [3.63, 3.8) is 0 Å². The molecule has 4 rings (SSSR count). The van der Waals surface area contributed by atoms with Gasteiger partial charge in [-0.1, -0.05) is 24.3 Å². The number of aromatic nitrogens is 2. The highest BCUT2D eigenvalue weighted by atomic mass is 32.2. The zero-order valence-corrected chi connectivity index (χ0v) is 22.3. The van der Waals surface area contributed by atoms with E-state index in [-0.39, 0.29) is 36.5 Å². The van der Waals surface area contributed by atoms with Gasteiger partial charge >= 0.3 is 0 Å². The quantitative estimate of drug-likeness (QED) is 0.409. The van der Waals surface area contributed by atoms with Crippen LogP contribution in [0.25, 0.3) is 11.3 Å². The molecule has 2 aromatic heterocycles. The van der Waals surface area contributed by atoms with Crippen molar-refractivity contribution in [2.75, 3.05) is 55.0 Å². The minimum Gasteiger partial charge on any atom is -0.376 e. The molecule has 1 aliphatic heterocycles. The first kappa shape index (κ1) is 26.7. The predicted octanol–water partition coefficient (Wildman–Crippen LogP) is 2.69. The Kier molecular flexibility index (Phi) is 8.52. The molecule has 2 amide bonds. The number of benzene rings is 1. The van der Waals surface area contributed by atoms with Crippen molar-refractivity contribution in [2.45, 2.75) is 13.5 Å². The van der Waals surface area contributed by atoms with E-state index >= 15 is 0 Å². The minimum atomic E-state index is -3.08. The standard InChI is InChI=1S/C25H29N5O5S2/c1-18(31)29-9-11-30(12-10-29)20-7-8-22(26-15-20)24(32)28-25-27-23(17-36-25)21-6-4-3-5-19(21)16-35-13-14-37(2,33)34/h3-8,15,17H,9-14,16H2,1-2H3,(H,27,28,32). The number of nitrogens with zero attached hydrogens (tertiary/aromatic N) is 4. The maximum atomic E-state index is 12.8. The van der Waals surface area contributed by atoms with Crippen molar-refractivity contribution in [1.82, 2.24) is 14.9 Å². The van der Waals surface area contributed by atoms with Crippen molar-refractivity contribution < 1.29 is 22.7 Å². The fourth-order valence-electron chi connectivity index (χ4n) is 3.89. The molecule has 1 aliphatic rings. The van der Waals surface area contributed by atoms with E-state index in [1.807, 2.05) is 40.6 Å². The number of hydrogen-bond acceptors (Lipinski definition) is 9. The SMILES string of the molecule is CC(=O)N1CCN(c2ccc(C(=O)Nc3nc(-c4ccccc4COCCS(C)(=O)=O)cs3)nc2)CC1. The van der Waals surface area contributed by atoms with Crippen molar-refractivity contribution in [1.29, 1.82) is 0 Å². The summed E-state index contributed by atoms with van der Waals surface area (Å²) >= 11 is 1.30. The number of pyridine rings is 1. The number of rotatable bonds is 9. The molecule has 12 heteroatoms. The van der Waals surface area contributed by atoms with Crippen molar-refractivity contribution in [2.24, 2.45) is 0 Å². The fraction of sp³-hybridized carbons (Fsp3) is 0.360. The van der Waals surface area contributed by atoms with Crippen LogP contribution in [0.4, 0.5) is 10.8 Å². The summed E-state index contributed by atoms with van der Waals surface area (Å²) in [5.41, 5.74) is 3.61. The average Bonchev–Trinajstić information content (AvgIpc) is 3.34. The Morgan fingerprint density at radius 2 is 1.86 bits per heavy atom. The largest absolute Gasteiger partial charge is 0.376 e. The maximum Gasteiger partial charge on any atom is 0.276 e. The number of thiazole rings is 1. The summed E-state index contributed by atoms with van der Waals surface area (Å²) in [6, 6.07) is 11.1. The van der Waals surface area contributed by atoms with E-state index in [2.05, 4.69) is 20.2 Å². The molecule has 0 aliphatic carbocycles. The van der Waals surface area contributed by atoms with Crippen LogP contribution in [0.15, 0.2) is 48.0 Å². The molecule has 3 aromatic rings. The second-order valence-corrected chi connectivity index (χ2v) is 11.8. The second kappa shape index (κ2) is 11.8. The average molecular weight is 544 g/mol. The van der Waals surface area contributed by atoms with Crippen LogP contribution >= 0.6 is 11.3 Å².